The predicted molar refractivity (Wildman–Crippen MR) is 145 cm³/mol. The van der Waals surface area contributed by atoms with Crippen LogP contribution in [0.5, 0.6) is 0 Å². The lowest BCUT2D eigenvalue weighted by Crippen LogP contribution is -2.43. The van der Waals surface area contributed by atoms with Crippen molar-refractivity contribution in [1.82, 2.24) is 25.3 Å². The van der Waals surface area contributed by atoms with Gasteiger partial charge in [0.2, 0.25) is 0 Å². The minimum Gasteiger partial charge on any atom is -0.333 e. The molecule has 2 aliphatic rings. The van der Waals surface area contributed by atoms with E-state index in [4.69, 9.17) is 0 Å². The topological polar surface area (TPSA) is 76.3 Å². The molecule has 2 amide bonds. The average Bonchev–Trinajstić information content (AvgIpc) is 3.60. The monoisotopic (exact) mass is 498 g/mol. The van der Waals surface area contributed by atoms with E-state index in [1.165, 1.54) is 22.3 Å². The Morgan fingerprint density at radius 1 is 1.08 bits per heavy atom. The number of rotatable bonds is 6. The fourth-order valence-corrected chi connectivity index (χ4v) is 5.86. The Balaban J connectivity index is 1.10. The molecule has 0 atom stereocenters. The first-order valence-corrected chi connectivity index (χ1v) is 13.3. The van der Waals surface area contributed by atoms with Gasteiger partial charge in [-0.05, 0) is 36.4 Å². The summed E-state index contributed by atoms with van der Waals surface area (Å²) in [4.78, 5) is 18.3. The van der Waals surface area contributed by atoms with Gasteiger partial charge in [-0.1, -0.05) is 36.4 Å². The summed E-state index contributed by atoms with van der Waals surface area (Å²) in [6.45, 7) is 6.03. The van der Waals surface area contributed by atoms with Gasteiger partial charge >= 0.3 is 6.03 Å². The van der Waals surface area contributed by atoms with E-state index in [-0.39, 0.29) is 6.03 Å². The molecule has 0 bridgehead atoms. The summed E-state index contributed by atoms with van der Waals surface area (Å²) in [5, 5.41) is 15.9. The summed E-state index contributed by atoms with van der Waals surface area (Å²) in [6.07, 6.45) is 0.899. The third-order valence-corrected chi connectivity index (χ3v) is 7.99. The molecule has 3 N–H and O–H groups in total. The molecule has 3 heterocycles. The molecular weight excluding hydrogens is 468 g/mol. The third-order valence-electron chi connectivity index (χ3n) is 7.06. The molecule has 0 unspecified atom stereocenters. The Hall–Kier alpha value is -3.46. The number of urea groups is 1. The van der Waals surface area contributed by atoms with Crippen molar-refractivity contribution < 1.29 is 4.79 Å². The van der Waals surface area contributed by atoms with Gasteiger partial charge < -0.3 is 15.5 Å². The van der Waals surface area contributed by atoms with E-state index in [1.807, 2.05) is 30.3 Å². The Bertz CT molecular complexity index is 1370. The molecule has 0 saturated carbocycles. The molecule has 7 nitrogen and oxygen atoms in total. The Labute approximate surface area is 215 Å². The summed E-state index contributed by atoms with van der Waals surface area (Å²) in [7, 11) is 2.20. The molecule has 1 saturated heterocycles. The lowest BCUT2D eigenvalue weighted by molar-refractivity contribution is 0.148. The largest absolute Gasteiger partial charge is 0.333 e. The van der Waals surface area contributed by atoms with Crippen LogP contribution in [-0.2, 0) is 19.5 Å². The second-order valence-electron chi connectivity index (χ2n) is 9.65. The van der Waals surface area contributed by atoms with Gasteiger partial charge in [0.25, 0.3) is 0 Å². The predicted octanol–water partition coefficient (Wildman–Crippen LogP) is 4.78. The molecule has 2 aromatic heterocycles. The smallest absolute Gasteiger partial charge is 0.319 e. The SMILES string of the molecule is CN1CCN(Cc2ccc3c(c2)Cc2c(-c4csc(CNC(=O)Nc5ccccc5)c4)n[nH]c2-3)CC1. The van der Waals surface area contributed by atoms with Crippen molar-refractivity contribution in [3.05, 3.63) is 81.5 Å². The summed E-state index contributed by atoms with van der Waals surface area (Å²) in [6, 6.07) is 18.3. The Morgan fingerprint density at radius 2 is 1.92 bits per heavy atom. The van der Waals surface area contributed by atoms with Gasteiger partial charge in [0.05, 0.1) is 17.9 Å². The number of likely N-dealkylation sites (N-methyl/N-ethyl adjacent to an activating group) is 1. The Kier molecular flexibility index (Phi) is 6.31. The van der Waals surface area contributed by atoms with Crippen LogP contribution in [-0.4, -0.2) is 59.3 Å². The third kappa shape index (κ3) is 4.80. The lowest BCUT2D eigenvalue weighted by atomic mass is 10.0. The maximum Gasteiger partial charge on any atom is 0.319 e. The molecule has 6 rings (SSSR count). The van der Waals surface area contributed by atoms with Gasteiger partial charge in [-0.25, -0.2) is 4.79 Å². The number of H-pyrrole nitrogens is 1. The van der Waals surface area contributed by atoms with Gasteiger partial charge in [0.1, 0.15) is 0 Å². The second-order valence-corrected chi connectivity index (χ2v) is 10.6. The van der Waals surface area contributed by atoms with E-state index in [1.54, 1.807) is 11.3 Å². The number of thiophene rings is 1. The van der Waals surface area contributed by atoms with Crippen LogP contribution in [0.3, 0.4) is 0 Å². The number of piperazine rings is 1. The number of carbonyl (C=O) groups excluding carboxylic acids is 1. The Morgan fingerprint density at radius 3 is 2.75 bits per heavy atom. The molecule has 0 radical (unpaired) electrons. The summed E-state index contributed by atoms with van der Waals surface area (Å²) >= 11 is 1.64. The lowest BCUT2D eigenvalue weighted by Gasteiger charge is -2.32. The van der Waals surface area contributed by atoms with Gasteiger partial charge in [-0.15, -0.1) is 11.3 Å². The molecule has 2 aromatic carbocycles. The first-order chi connectivity index (χ1) is 17.6. The number of carbonyl (C=O) groups is 1. The number of nitrogens with one attached hydrogen (secondary N) is 3. The highest BCUT2D eigenvalue weighted by Crippen LogP contribution is 2.41. The zero-order chi connectivity index (χ0) is 24.5. The zero-order valence-electron chi connectivity index (χ0n) is 20.4. The highest BCUT2D eigenvalue weighted by molar-refractivity contribution is 7.10. The van der Waals surface area contributed by atoms with Gasteiger partial charge in [0, 0.05) is 71.8 Å². The van der Waals surface area contributed by atoms with E-state index in [9.17, 15) is 4.79 Å². The van der Waals surface area contributed by atoms with Gasteiger partial charge in [0.15, 0.2) is 0 Å². The van der Waals surface area contributed by atoms with Gasteiger partial charge in [-0.2, -0.15) is 5.10 Å². The number of nitrogens with zero attached hydrogens (tertiary/aromatic N) is 3. The maximum absolute atomic E-state index is 12.2. The number of hydrogen-bond acceptors (Lipinski definition) is 5. The summed E-state index contributed by atoms with van der Waals surface area (Å²) in [5.74, 6) is 0. The van der Waals surface area contributed by atoms with Crippen molar-refractivity contribution in [3.8, 4) is 22.5 Å². The van der Waals surface area contributed by atoms with Crippen LogP contribution in [0.4, 0.5) is 10.5 Å². The highest BCUT2D eigenvalue weighted by atomic mass is 32.1. The van der Waals surface area contributed by atoms with E-state index in [2.05, 4.69) is 67.3 Å². The minimum atomic E-state index is -0.209. The maximum atomic E-state index is 12.2. The highest BCUT2D eigenvalue weighted by Gasteiger charge is 2.26. The summed E-state index contributed by atoms with van der Waals surface area (Å²) < 4.78 is 0. The molecule has 1 fully saturated rings. The fraction of sp³-hybridized carbons (Fsp3) is 0.286. The van der Waals surface area contributed by atoms with Crippen molar-refractivity contribution in [3.63, 3.8) is 0 Å². The average molecular weight is 499 g/mol. The van der Waals surface area contributed by atoms with Crippen LogP contribution in [0.25, 0.3) is 22.5 Å². The van der Waals surface area contributed by atoms with Crippen molar-refractivity contribution in [2.75, 3.05) is 38.5 Å². The number of amides is 2. The normalized spacial score (nSPS) is 15.5. The minimum absolute atomic E-state index is 0.209. The molecule has 36 heavy (non-hydrogen) atoms. The first kappa shape index (κ1) is 23.0. The number of para-hydroxylation sites is 1. The summed E-state index contributed by atoms with van der Waals surface area (Å²) in [5.41, 5.74) is 9.32. The first-order valence-electron chi connectivity index (χ1n) is 12.4. The zero-order valence-corrected chi connectivity index (χ0v) is 21.2. The fourth-order valence-electron chi connectivity index (χ4n) is 5.05. The van der Waals surface area contributed by atoms with Crippen LogP contribution in [0, 0.1) is 0 Å². The molecule has 4 aromatic rings. The van der Waals surface area contributed by atoms with Crippen LogP contribution in [0.2, 0.25) is 0 Å². The van der Waals surface area contributed by atoms with E-state index in [0.717, 1.165) is 66.7 Å². The van der Waals surface area contributed by atoms with Crippen molar-refractivity contribution >= 4 is 23.1 Å². The molecule has 1 aliphatic carbocycles. The molecule has 1 aliphatic heterocycles. The molecule has 0 spiro atoms. The van der Waals surface area contributed by atoms with E-state index >= 15 is 0 Å². The van der Waals surface area contributed by atoms with Crippen molar-refractivity contribution in [1.29, 1.82) is 0 Å². The molecule has 8 heteroatoms. The second kappa shape index (κ2) is 9.89. The number of aromatic amines is 1. The molecular formula is C28H30N6OS. The van der Waals surface area contributed by atoms with Crippen molar-refractivity contribution in [2.45, 2.75) is 19.5 Å². The van der Waals surface area contributed by atoms with Crippen LogP contribution < -0.4 is 10.6 Å². The van der Waals surface area contributed by atoms with E-state index in [0.29, 0.717) is 6.54 Å². The van der Waals surface area contributed by atoms with Crippen LogP contribution >= 0.6 is 11.3 Å². The number of fused-ring (bicyclic) bond motifs is 3. The number of anilines is 1. The quantitative estimate of drug-likeness (QED) is 0.315. The van der Waals surface area contributed by atoms with Gasteiger partial charge in [-0.3, -0.25) is 10.00 Å². The standard InChI is InChI=1S/C28H30N6OS/c1-33-9-11-34(12-10-33)17-19-7-8-24-20(13-19)15-25-26(31-32-27(24)25)21-14-23(36-18-21)16-29-28(35)30-22-5-3-2-4-6-22/h2-8,13-14,18H,9-12,15-17H2,1H3,(H,31,32)(H2,29,30,35). The van der Waals surface area contributed by atoms with Crippen LogP contribution in [0.15, 0.2) is 60.0 Å². The van der Waals surface area contributed by atoms with Crippen molar-refractivity contribution in [2.24, 2.45) is 0 Å². The number of aromatic nitrogens is 2. The number of benzene rings is 2. The number of hydrogen-bond donors (Lipinski definition) is 3. The molecule has 184 valence electrons. The van der Waals surface area contributed by atoms with Crippen LogP contribution in [0.1, 0.15) is 21.6 Å². The van der Waals surface area contributed by atoms with E-state index < -0.39 is 0 Å².